The zero-order chi connectivity index (χ0) is 15.0. The van der Waals surface area contributed by atoms with Gasteiger partial charge in [0, 0.05) is 11.6 Å². The first kappa shape index (κ1) is 15.2. The predicted octanol–water partition coefficient (Wildman–Crippen LogP) is 4.28. The molecule has 1 aromatic rings. The fourth-order valence-corrected chi connectivity index (χ4v) is 2.72. The molecule has 0 saturated heterocycles. The average molecular weight is 287 g/mol. The molecule has 0 radical (unpaired) electrons. The molecule has 0 aliphatic heterocycles. The van der Waals surface area contributed by atoms with Crippen molar-refractivity contribution in [2.45, 2.75) is 39.6 Å². The lowest BCUT2D eigenvalue weighted by molar-refractivity contribution is -0.275. The number of halogens is 3. The van der Waals surface area contributed by atoms with Crippen molar-refractivity contribution in [3.8, 4) is 5.75 Å². The lowest BCUT2D eigenvalue weighted by Gasteiger charge is -2.23. The van der Waals surface area contributed by atoms with E-state index in [1.54, 1.807) is 18.2 Å². The van der Waals surface area contributed by atoms with Crippen molar-refractivity contribution in [1.29, 1.82) is 0 Å². The highest BCUT2D eigenvalue weighted by Crippen LogP contribution is 2.58. The van der Waals surface area contributed by atoms with Crippen molar-refractivity contribution >= 4 is 0 Å². The molecule has 1 aromatic carbocycles. The third kappa shape index (κ3) is 3.45. The minimum Gasteiger partial charge on any atom is -0.405 e. The van der Waals surface area contributed by atoms with E-state index in [4.69, 9.17) is 0 Å². The van der Waals surface area contributed by atoms with Crippen LogP contribution in [0.2, 0.25) is 0 Å². The Morgan fingerprint density at radius 1 is 1.35 bits per heavy atom. The molecule has 1 saturated carbocycles. The number of hydrogen-bond donors (Lipinski definition) is 1. The molecule has 2 atom stereocenters. The van der Waals surface area contributed by atoms with Crippen LogP contribution in [0, 0.1) is 11.3 Å². The van der Waals surface area contributed by atoms with E-state index in [2.05, 4.69) is 23.9 Å². The zero-order valence-corrected chi connectivity index (χ0v) is 11.9. The van der Waals surface area contributed by atoms with Crippen LogP contribution in [0.5, 0.6) is 5.75 Å². The Morgan fingerprint density at radius 2 is 1.95 bits per heavy atom. The van der Waals surface area contributed by atoms with Crippen molar-refractivity contribution in [1.82, 2.24) is 5.32 Å². The van der Waals surface area contributed by atoms with Gasteiger partial charge in [0.05, 0.1) is 0 Å². The fraction of sp³-hybridized carbons (Fsp3) is 0.600. The summed E-state index contributed by atoms with van der Waals surface area (Å²) < 4.78 is 41.7. The first-order valence-corrected chi connectivity index (χ1v) is 6.82. The third-order valence-electron chi connectivity index (χ3n) is 3.90. The van der Waals surface area contributed by atoms with Crippen LogP contribution in [0.15, 0.2) is 24.3 Å². The van der Waals surface area contributed by atoms with Gasteiger partial charge in [-0.25, -0.2) is 0 Å². The monoisotopic (exact) mass is 287 g/mol. The number of hydrogen-bond acceptors (Lipinski definition) is 2. The summed E-state index contributed by atoms with van der Waals surface area (Å²) in [5, 5.41) is 3.30. The summed E-state index contributed by atoms with van der Waals surface area (Å²) in [5.74, 6) is 0.231. The standard InChI is InChI=1S/C15H20F3NO/c1-4-19-13(11-9-14(11,2)3)10-7-5-6-8-12(10)20-15(16,17)18/h5-8,11,13,19H,4,9H2,1-3H3. The van der Waals surface area contributed by atoms with Crippen molar-refractivity contribution in [2.24, 2.45) is 11.3 Å². The lowest BCUT2D eigenvalue weighted by atomic mass is 9.96. The van der Waals surface area contributed by atoms with Gasteiger partial charge in [-0.15, -0.1) is 13.2 Å². The maximum absolute atomic E-state index is 12.5. The van der Waals surface area contributed by atoms with Gasteiger partial charge in [0.1, 0.15) is 5.75 Å². The smallest absolute Gasteiger partial charge is 0.405 e. The minimum absolute atomic E-state index is 0.103. The van der Waals surface area contributed by atoms with Gasteiger partial charge in [0.2, 0.25) is 0 Å². The Balaban J connectivity index is 2.29. The van der Waals surface area contributed by atoms with Gasteiger partial charge in [0.15, 0.2) is 0 Å². The molecule has 0 bridgehead atoms. The van der Waals surface area contributed by atoms with Gasteiger partial charge in [-0.2, -0.15) is 0 Å². The molecule has 1 aliphatic carbocycles. The molecule has 2 unspecified atom stereocenters. The summed E-state index contributed by atoms with van der Waals surface area (Å²) in [6.07, 6.45) is -3.66. The normalized spacial score (nSPS) is 22.4. The minimum atomic E-state index is -4.66. The SMILES string of the molecule is CCNC(c1ccccc1OC(F)(F)F)C1CC1(C)C. The highest BCUT2D eigenvalue weighted by atomic mass is 19.4. The zero-order valence-electron chi connectivity index (χ0n) is 11.9. The number of para-hydroxylation sites is 1. The van der Waals surface area contributed by atoms with E-state index in [1.807, 2.05) is 6.92 Å². The van der Waals surface area contributed by atoms with Crippen LogP contribution in [-0.2, 0) is 0 Å². The van der Waals surface area contributed by atoms with E-state index < -0.39 is 6.36 Å². The number of alkyl halides is 3. The Kier molecular flexibility index (Phi) is 4.00. The quantitative estimate of drug-likeness (QED) is 0.872. The number of benzene rings is 1. The average Bonchev–Trinajstić information content (AvgIpc) is 2.94. The van der Waals surface area contributed by atoms with Gasteiger partial charge in [-0.1, -0.05) is 39.0 Å². The van der Waals surface area contributed by atoms with Crippen LogP contribution in [0.3, 0.4) is 0 Å². The summed E-state index contributed by atoms with van der Waals surface area (Å²) in [4.78, 5) is 0. The number of ether oxygens (including phenoxy) is 1. The van der Waals surface area contributed by atoms with Crippen molar-refractivity contribution in [3.63, 3.8) is 0 Å². The van der Waals surface area contributed by atoms with Crippen LogP contribution < -0.4 is 10.1 Å². The highest BCUT2D eigenvalue weighted by molar-refractivity contribution is 5.37. The van der Waals surface area contributed by atoms with Gasteiger partial charge in [0.25, 0.3) is 0 Å². The molecule has 0 heterocycles. The maximum Gasteiger partial charge on any atom is 0.573 e. The molecule has 0 aromatic heterocycles. The van der Waals surface area contributed by atoms with Crippen molar-refractivity contribution < 1.29 is 17.9 Å². The summed E-state index contributed by atoms with van der Waals surface area (Å²) >= 11 is 0. The second kappa shape index (κ2) is 5.28. The largest absolute Gasteiger partial charge is 0.573 e. The molecule has 20 heavy (non-hydrogen) atoms. The lowest BCUT2D eigenvalue weighted by Crippen LogP contribution is -2.26. The van der Waals surface area contributed by atoms with Crippen molar-refractivity contribution in [2.75, 3.05) is 6.54 Å². The first-order valence-electron chi connectivity index (χ1n) is 6.82. The number of nitrogens with one attached hydrogen (secondary N) is 1. The molecular formula is C15H20F3NO. The van der Waals surface area contributed by atoms with Gasteiger partial charge in [-0.05, 0) is 30.4 Å². The topological polar surface area (TPSA) is 21.3 Å². The summed E-state index contributed by atoms with van der Waals surface area (Å²) in [6, 6.07) is 6.29. The Morgan fingerprint density at radius 3 is 2.45 bits per heavy atom. The summed E-state index contributed by atoms with van der Waals surface area (Å²) in [5.41, 5.74) is 0.750. The van der Waals surface area contributed by atoms with Gasteiger partial charge < -0.3 is 10.1 Å². The van der Waals surface area contributed by atoms with E-state index in [0.29, 0.717) is 18.0 Å². The van der Waals surface area contributed by atoms with Gasteiger partial charge in [-0.3, -0.25) is 0 Å². The molecule has 5 heteroatoms. The maximum atomic E-state index is 12.5. The second-order valence-corrected chi connectivity index (χ2v) is 5.92. The van der Waals surface area contributed by atoms with Crippen LogP contribution >= 0.6 is 0 Å². The molecule has 2 nitrogen and oxygen atoms in total. The van der Waals surface area contributed by atoms with Crippen molar-refractivity contribution in [3.05, 3.63) is 29.8 Å². The van der Waals surface area contributed by atoms with Crippen LogP contribution in [0.25, 0.3) is 0 Å². The molecule has 2 rings (SSSR count). The van der Waals surface area contributed by atoms with Gasteiger partial charge >= 0.3 is 6.36 Å². The Labute approximate surface area is 117 Å². The predicted molar refractivity (Wildman–Crippen MR) is 71.4 cm³/mol. The van der Waals surface area contributed by atoms with E-state index >= 15 is 0 Å². The summed E-state index contributed by atoms with van der Waals surface area (Å²) in [6.45, 7) is 6.93. The van der Waals surface area contributed by atoms with Crippen LogP contribution in [0.4, 0.5) is 13.2 Å². The van der Waals surface area contributed by atoms with Crippen LogP contribution in [0.1, 0.15) is 38.8 Å². The van der Waals surface area contributed by atoms with E-state index in [0.717, 1.165) is 6.42 Å². The molecule has 112 valence electrons. The number of rotatable bonds is 5. The molecule has 0 spiro atoms. The van der Waals surface area contributed by atoms with E-state index in [9.17, 15) is 13.2 Å². The van der Waals surface area contributed by atoms with E-state index in [-0.39, 0.29) is 17.2 Å². The molecule has 0 amide bonds. The fourth-order valence-electron chi connectivity index (χ4n) is 2.72. The highest BCUT2D eigenvalue weighted by Gasteiger charge is 2.51. The van der Waals surface area contributed by atoms with Crippen LogP contribution in [-0.4, -0.2) is 12.9 Å². The van der Waals surface area contributed by atoms with E-state index in [1.165, 1.54) is 6.07 Å². The summed E-state index contributed by atoms with van der Waals surface area (Å²) in [7, 11) is 0. The Hall–Kier alpha value is -1.23. The third-order valence-corrected chi connectivity index (χ3v) is 3.90. The molecule has 1 aliphatic rings. The second-order valence-electron chi connectivity index (χ2n) is 5.92. The first-order chi connectivity index (χ1) is 9.24. The Bertz CT molecular complexity index is 470. The molecule has 1 N–H and O–H groups in total. The molecular weight excluding hydrogens is 267 g/mol. The molecule has 1 fully saturated rings.